The number of nitrogens with one attached hydrogen (secondary N) is 1. The summed E-state index contributed by atoms with van der Waals surface area (Å²) in [6.07, 6.45) is 0. The molecule has 0 spiro atoms. The Bertz CT molecular complexity index is 533. The lowest BCUT2D eigenvalue weighted by Crippen LogP contribution is -2.36. The van der Waals surface area contributed by atoms with Crippen LogP contribution in [-0.2, 0) is 9.53 Å². The number of hydrogen-bond donors (Lipinski definition) is 2. The van der Waals surface area contributed by atoms with Crippen LogP contribution in [0.3, 0.4) is 0 Å². The molecule has 128 valence electrons. The molecule has 0 atom stereocenters. The van der Waals surface area contributed by atoms with Gasteiger partial charge in [0.1, 0.15) is 11.5 Å². The van der Waals surface area contributed by atoms with Crippen molar-refractivity contribution >= 4 is 29.9 Å². The van der Waals surface area contributed by atoms with Gasteiger partial charge < -0.3 is 24.4 Å². The van der Waals surface area contributed by atoms with Crippen LogP contribution in [-0.4, -0.2) is 51.2 Å². The Kier molecular flexibility index (Phi) is 6.85. The number of hydrogen-bond acceptors (Lipinski definition) is 6. The third-order valence-corrected chi connectivity index (χ3v) is 3.72. The lowest BCUT2D eigenvalue weighted by Gasteiger charge is -2.31. The van der Waals surface area contributed by atoms with Crippen molar-refractivity contribution in [3.05, 3.63) is 12.1 Å². The van der Waals surface area contributed by atoms with Crippen LogP contribution in [0.25, 0.3) is 0 Å². The Labute approximate surface area is 142 Å². The summed E-state index contributed by atoms with van der Waals surface area (Å²) >= 11 is 4.00. The molecular weight excluding hydrogens is 316 g/mol. The summed E-state index contributed by atoms with van der Waals surface area (Å²) in [5.74, 6) is 1.29. The molecule has 1 N–H and O–H groups in total. The smallest absolute Gasteiger partial charge is 0.234 e. The van der Waals surface area contributed by atoms with Gasteiger partial charge in [0.05, 0.1) is 43.6 Å². The normalized spacial score (nSPS) is 14.5. The van der Waals surface area contributed by atoms with Crippen molar-refractivity contribution in [3.63, 3.8) is 0 Å². The number of morpholine rings is 1. The maximum absolute atomic E-state index is 11.7. The highest BCUT2D eigenvalue weighted by Crippen LogP contribution is 2.39. The second-order valence-electron chi connectivity index (χ2n) is 4.99. The number of ether oxygens (including phenoxy) is 3. The minimum absolute atomic E-state index is 0.112. The Balaban J connectivity index is 2.38. The SMILES string of the molecule is CCOc1cc(N2CCOCC2)c(OCC)cc1NC(=O)CS. The van der Waals surface area contributed by atoms with Gasteiger partial charge in [-0.25, -0.2) is 0 Å². The summed E-state index contributed by atoms with van der Waals surface area (Å²) in [6, 6.07) is 3.74. The molecule has 1 amide bonds. The number of carbonyl (C=O) groups excluding carboxylic acids is 1. The van der Waals surface area contributed by atoms with Crippen LogP contribution < -0.4 is 19.7 Å². The van der Waals surface area contributed by atoms with Gasteiger partial charge in [-0.2, -0.15) is 12.6 Å². The minimum Gasteiger partial charge on any atom is -0.492 e. The van der Waals surface area contributed by atoms with Crippen molar-refractivity contribution in [2.75, 3.05) is 55.5 Å². The number of thiol groups is 1. The quantitative estimate of drug-likeness (QED) is 0.745. The minimum atomic E-state index is -0.184. The molecule has 1 heterocycles. The highest BCUT2D eigenvalue weighted by Gasteiger charge is 2.20. The zero-order valence-electron chi connectivity index (χ0n) is 13.6. The van der Waals surface area contributed by atoms with Crippen molar-refractivity contribution in [3.8, 4) is 11.5 Å². The molecule has 7 heteroatoms. The first kappa shape index (κ1) is 17.7. The number of amides is 1. The van der Waals surface area contributed by atoms with Crippen molar-refractivity contribution in [1.82, 2.24) is 0 Å². The second-order valence-corrected chi connectivity index (χ2v) is 5.30. The fourth-order valence-electron chi connectivity index (χ4n) is 2.43. The van der Waals surface area contributed by atoms with Crippen LogP contribution in [0.2, 0.25) is 0 Å². The fraction of sp³-hybridized carbons (Fsp3) is 0.562. The molecule has 1 aliphatic heterocycles. The van der Waals surface area contributed by atoms with Crippen LogP contribution in [0.4, 0.5) is 11.4 Å². The second kappa shape index (κ2) is 8.88. The molecule has 0 bridgehead atoms. The summed E-state index contributed by atoms with van der Waals surface area (Å²) < 4.78 is 16.9. The number of rotatable bonds is 7. The van der Waals surface area contributed by atoms with Gasteiger partial charge >= 0.3 is 0 Å². The predicted octanol–water partition coefficient (Wildman–Crippen LogP) is 2.19. The van der Waals surface area contributed by atoms with Gasteiger partial charge in [-0.3, -0.25) is 4.79 Å². The van der Waals surface area contributed by atoms with Gasteiger partial charge in [0.25, 0.3) is 0 Å². The van der Waals surface area contributed by atoms with E-state index in [-0.39, 0.29) is 11.7 Å². The zero-order chi connectivity index (χ0) is 16.7. The fourth-order valence-corrected chi connectivity index (χ4v) is 2.51. The molecule has 2 rings (SSSR count). The topological polar surface area (TPSA) is 60.0 Å². The summed E-state index contributed by atoms with van der Waals surface area (Å²) in [7, 11) is 0. The molecular formula is C16H24N2O4S. The predicted molar refractivity (Wildman–Crippen MR) is 94.3 cm³/mol. The van der Waals surface area contributed by atoms with Gasteiger partial charge in [-0.05, 0) is 13.8 Å². The van der Waals surface area contributed by atoms with E-state index in [1.165, 1.54) is 0 Å². The standard InChI is InChI=1S/C16H24N2O4S/c1-3-21-14-10-13(18-5-7-20-8-6-18)15(22-4-2)9-12(14)17-16(19)11-23/h9-10,23H,3-8,11H2,1-2H3,(H,17,19). The summed E-state index contributed by atoms with van der Waals surface area (Å²) in [5.41, 5.74) is 1.56. The van der Waals surface area contributed by atoms with E-state index in [1.807, 2.05) is 26.0 Å². The molecule has 1 aromatic rings. The van der Waals surface area contributed by atoms with Gasteiger partial charge in [0.2, 0.25) is 5.91 Å². The monoisotopic (exact) mass is 340 g/mol. The highest BCUT2D eigenvalue weighted by atomic mass is 32.1. The van der Waals surface area contributed by atoms with Crippen LogP contribution in [0, 0.1) is 0 Å². The third kappa shape index (κ3) is 4.68. The lowest BCUT2D eigenvalue weighted by atomic mass is 10.2. The van der Waals surface area contributed by atoms with E-state index in [1.54, 1.807) is 0 Å². The van der Waals surface area contributed by atoms with Crippen molar-refractivity contribution in [1.29, 1.82) is 0 Å². The van der Waals surface area contributed by atoms with Gasteiger partial charge in [0, 0.05) is 25.2 Å². The first-order chi connectivity index (χ1) is 11.2. The number of benzene rings is 1. The molecule has 6 nitrogen and oxygen atoms in total. The van der Waals surface area contributed by atoms with E-state index >= 15 is 0 Å². The van der Waals surface area contributed by atoms with Crippen LogP contribution in [0.5, 0.6) is 11.5 Å². The van der Waals surface area contributed by atoms with E-state index < -0.39 is 0 Å². The Morgan fingerprint density at radius 2 is 1.87 bits per heavy atom. The molecule has 0 radical (unpaired) electrons. The number of nitrogens with zero attached hydrogens (tertiary/aromatic N) is 1. The zero-order valence-corrected chi connectivity index (χ0v) is 14.5. The van der Waals surface area contributed by atoms with Crippen LogP contribution in [0.1, 0.15) is 13.8 Å². The van der Waals surface area contributed by atoms with Gasteiger partial charge in [0.15, 0.2) is 0 Å². The Morgan fingerprint density at radius 1 is 1.22 bits per heavy atom. The van der Waals surface area contributed by atoms with Crippen molar-refractivity contribution < 1.29 is 19.0 Å². The number of carbonyl (C=O) groups is 1. The van der Waals surface area contributed by atoms with E-state index in [4.69, 9.17) is 14.2 Å². The molecule has 23 heavy (non-hydrogen) atoms. The maximum atomic E-state index is 11.7. The third-order valence-electron chi connectivity index (χ3n) is 3.43. The number of anilines is 2. The summed E-state index contributed by atoms with van der Waals surface area (Å²) in [6.45, 7) is 7.88. The molecule has 1 fully saturated rings. The van der Waals surface area contributed by atoms with Crippen molar-refractivity contribution in [2.24, 2.45) is 0 Å². The van der Waals surface area contributed by atoms with E-state index in [0.29, 0.717) is 37.9 Å². The molecule has 1 aromatic carbocycles. The largest absolute Gasteiger partial charge is 0.492 e. The van der Waals surface area contributed by atoms with Gasteiger partial charge in [-0.15, -0.1) is 0 Å². The van der Waals surface area contributed by atoms with E-state index in [9.17, 15) is 4.79 Å². The van der Waals surface area contributed by atoms with Crippen molar-refractivity contribution in [2.45, 2.75) is 13.8 Å². The highest BCUT2D eigenvalue weighted by molar-refractivity contribution is 7.81. The molecule has 0 aromatic heterocycles. The lowest BCUT2D eigenvalue weighted by molar-refractivity contribution is -0.113. The molecule has 1 aliphatic rings. The van der Waals surface area contributed by atoms with Gasteiger partial charge in [-0.1, -0.05) is 0 Å². The summed E-state index contributed by atoms with van der Waals surface area (Å²) in [4.78, 5) is 13.9. The molecule has 1 saturated heterocycles. The Hall–Kier alpha value is -1.60. The molecule has 0 saturated carbocycles. The summed E-state index contributed by atoms with van der Waals surface area (Å²) in [5, 5.41) is 2.81. The maximum Gasteiger partial charge on any atom is 0.234 e. The molecule has 0 aliphatic carbocycles. The van der Waals surface area contributed by atoms with E-state index in [2.05, 4.69) is 22.8 Å². The van der Waals surface area contributed by atoms with Crippen LogP contribution >= 0.6 is 12.6 Å². The first-order valence-corrected chi connectivity index (χ1v) is 8.49. The van der Waals surface area contributed by atoms with E-state index in [0.717, 1.165) is 24.5 Å². The average Bonchev–Trinajstić information content (AvgIpc) is 2.58. The van der Waals surface area contributed by atoms with Crippen LogP contribution in [0.15, 0.2) is 12.1 Å². The Morgan fingerprint density at radius 3 is 2.48 bits per heavy atom. The first-order valence-electron chi connectivity index (χ1n) is 7.86. The average molecular weight is 340 g/mol. The molecule has 0 unspecified atom stereocenters.